The van der Waals surface area contributed by atoms with Crippen LogP contribution in [-0.4, -0.2) is 17.6 Å². The lowest BCUT2D eigenvalue weighted by Gasteiger charge is -2.14. The minimum atomic E-state index is -0.395. The first-order chi connectivity index (χ1) is 8.08. The van der Waals surface area contributed by atoms with Crippen LogP contribution in [0.25, 0.3) is 0 Å². The first-order valence-corrected chi connectivity index (χ1v) is 5.18. The van der Waals surface area contributed by atoms with Crippen LogP contribution < -0.4 is 10.1 Å². The second kappa shape index (κ2) is 5.92. The molecule has 0 spiro atoms. The smallest absolute Gasteiger partial charge is 0.308 e. The molecule has 0 saturated heterocycles. The van der Waals surface area contributed by atoms with E-state index in [2.05, 4.69) is 11.2 Å². The molecule has 1 aromatic carbocycles. The molecule has 0 amide bonds. The summed E-state index contributed by atoms with van der Waals surface area (Å²) in [6.45, 7) is 3.39. The SMILES string of the molecule is C#CCNc1cc(CO)cc(C)c1OC(C)=O. The zero-order chi connectivity index (χ0) is 12.8. The summed E-state index contributed by atoms with van der Waals surface area (Å²) < 4.78 is 5.12. The molecular weight excluding hydrogens is 218 g/mol. The number of carbonyl (C=O) groups is 1. The number of carbonyl (C=O) groups excluding carboxylic acids is 1. The van der Waals surface area contributed by atoms with E-state index in [0.717, 1.165) is 11.1 Å². The van der Waals surface area contributed by atoms with E-state index in [0.29, 0.717) is 18.0 Å². The van der Waals surface area contributed by atoms with Crippen LogP contribution in [0.3, 0.4) is 0 Å². The standard InChI is InChI=1S/C13H15NO3/c1-4-5-14-12-7-11(8-15)6-9(2)13(12)17-10(3)16/h1,6-7,14-15H,5,8H2,2-3H3. The molecule has 0 unspecified atom stereocenters. The van der Waals surface area contributed by atoms with Crippen molar-refractivity contribution < 1.29 is 14.6 Å². The van der Waals surface area contributed by atoms with Gasteiger partial charge >= 0.3 is 5.97 Å². The number of hydrogen-bond acceptors (Lipinski definition) is 4. The van der Waals surface area contributed by atoms with E-state index in [9.17, 15) is 4.79 Å². The van der Waals surface area contributed by atoms with Crippen molar-refractivity contribution in [3.63, 3.8) is 0 Å². The van der Waals surface area contributed by atoms with Gasteiger partial charge < -0.3 is 15.2 Å². The van der Waals surface area contributed by atoms with Gasteiger partial charge in [-0.15, -0.1) is 6.42 Å². The minimum Gasteiger partial charge on any atom is -0.424 e. The second-order valence-corrected chi connectivity index (χ2v) is 3.60. The first kappa shape index (κ1) is 13.1. The van der Waals surface area contributed by atoms with Crippen molar-refractivity contribution in [1.29, 1.82) is 0 Å². The molecule has 0 aromatic heterocycles. The molecule has 0 saturated carbocycles. The quantitative estimate of drug-likeness (QED) is 0.469. The average molecular weight is 233 g/mol. The number of esters is 1. The molecule has 2 N–H and O–H groups in total. The summed E-state index contributed by atoms with van der Waals surface area (Å²) in [6.07, 6.45) is 5.17. The number of ether oxygens (including phenoxy) is 1. The highest BCUT2D eigenvalue weighted by molar-refractivity contribution is 5.74. The summed E-state index contributed by atoms with van der Waals surface area (Å²) in [4.78, 5) is 11.0. The van der Waals surface area contributed by atoms with Gasteiger partial charge in [-0.05, 0) is 30.2 Å². The highest BCUT2D eigenvalue weighted by Gasteiger charge is 2.11. The summed E-state index contributed by atoms with van der Waals surface area (Å²) >= 11 is 0. The monoisotopic (exact) mass is 233 g/mol. The van der Waals surface area contributed by atoms with Crippen molar-refractivity contribution >= 4 is 11.7 Å². The molecule has 0 radical (unpaired) electrons. The van der Waals surface area contributed by atoms with Crippen LogP contribution >= 0.6 is 0 Å². The Hall–Kier alpha value is -1.99. The van der Waals surface area contributed by atoms with Crippen LogP contribution in [0.5, 0.6) is 5.75 Å². The number of nitrogens with one attached hydrogen (secondary N) is 1. The Kier molecular flexibility index (Phi) is 4.56. The van der Waals surface area contributed by atoms with E-state index < -0.39 is 5.97 Å². The van der Waals surface area contributed by atoms with Crippen LogP contribution in [0.15, 0.2) is 12.1 Å². The molecule has 0 aliphatic carbocycles. The van der Waals surface area contributed by atoms with Crippen molar-refractivity contribution in [1.82, 2.24) is 0 Å². The largest absolute Gasteiger partial charge is 0.424 e. The molecule has 0 aliphatic heterocycles. The summed E-state index contributed by atoms with van der Waals surface area (Å²) in [5.41, 5.74) is 2.12. The number of aliphatic hydroxyl groups excluding tert-OH is 1. The molecule has 0 heterocycles. The molecular formula is C13H15NO3. The fourth-order valence-corrected chi connectivity index (χ4v) is 1.50. The predicted molar refractivity (Wildman–Crippen MR) is 65.7 cm³/mol. The topological polar surface area (TPSA) is 58.6 Å². The number of rotatable bonds is 4. The first-order valence-electron chi connectivity index (χ1n) is 5.18. The van der Waals surface area contributed by atoms with Crippen LogP contribution in [0.4, 0.5) is 5.69 Å². The third kappa shape index (κ3) is 3.51. The van der Waals surface area contributed by atoms with Crippen LogP contribution in [0.1, 0.15) is 18.1 Å². The van der Waals surface area contributed by atoms with E-state index in [1.54, 1.807) is 19.1 Å². The molecule has 4 nitrogen and oxygen atoms in total. The Bertz CT molecular complexity index is 460. The minimum absolute atomic E-state index is 0.0775. The van der Waals surface area contributed by atoms with Gasteiger partial charge in [0.2, 0.25) is 0 Å². The van der Waals surface area contributed by atoms with Crippen LogP contribution in [0.2, 0.25) is 0 Å². The third-order valence-electron chi connectivity index (χ3n) is 2.14. The Morgan fingerprint density at radius 2 is 2.29 bits per heavy atom. The van der Waals surface area contributed by atoms with Gasteiger partial charge in [0.1, 0.15) is 0 Å². The fraction of sp³-hybridized carbons (Fsp3) is 0.308. The average Bonchev–Trinajstić information content (AvgIpc) is 2.29. The zero-order valence-corrected chi connectivity index (χ0v) is 9.91. The van der Waals surface area contributed by atoms with Gasteiger partial charge in [0.15, 0.2) is 5.75 Å². The van der Waals surface area contributed by atoms with E-state index in [1.165, 1.54) is 6.92 Å². The summed E-state index contributed by atoms with van der Waals surface area (Å²) in [7, 11) is 0. The summed E-state index contributed by atoms with van der Waals surface area (Å²) in [5.74, 6) is 2.49. The maximum Gasteiger partial charge on any atom is 0.308 e. The number of hydrogen-bond donors (Lipinski definition) is 2. The van der Waals surface area contributed by atoms with Gasteiger partial charge in [0.25, 0.3) is 0 Å². The van der Waals surface area contributed by atoms with E-state index in [-0.39, 0.29) is 6.61 Å². The number of terminal acetylenes is 1. The van der Waals surface area contributed by atoms with Crippen LogP contribution in [-0.2, 0) is 11.4 Å². The number of benzene rings is 1. The Morgan fingerprint density at radius 3 is 2.82 bits per heavy atom. The molecule has 17 heavy (non-hydrogen) atoms. The highest BCUT2D eigenvalue weighted by atomic mass is 16.5. The molecule has 0 atom stereocenters. The Morgan fingerprint density at radius 1 is 1.59 bits per heavy atom. The van der Waals surface area contributed by atoms with Gasteiger partial charge in [-0.25, -0.2) is 0 Å². The Balaban J connectivity index is 3.14. The third-order valence-corrected chi connectivity index (χ3v) is 2.14. The molecule has 1 aromatic rings. The maximum atomic E-state index is 11.0. The van der Waals surface area contributed by atoms with Crippen molar-refractivity contribution in [2.75, 3.05) is 11.9 Å². The van der Waals surface area contributed by atoms with Gasteiger partial charge in [-0.3, -0.25) is 4.79 Å². The molecule has 0 bridgehead atoms. The fourth-order valence-electron chi connectivity index (χ4n) is 1.50. The van der Waals surface area contributed by atoms with E-state index >= 15 is 0 Å². The van der Waals surface area contributed by atoms with Gasteiger partial charge in [-0.2, -0.15) is 0 Å². The lowest BCUT2D eigenvalue weighted by atomic mass is 10.1. The van der Waals surface area contributed by atoms with E-state index in [1.807, 2.05) is 0 Å². The van der Waals surface area contributed by atoms with Crippen molar-refractivity contribution in [3.8, 4) is 18.1 Å². The highest BCUT2D eigenvalue weighted by Crippen LogP contribution is 2.30. The normalized spacial score (nSPS) is 9.53. The Labute approximate surface area is 101 Å². The van der Waals surface area contributed by atoms with Crippen molar-refractivity contribution in [2.24, 2.45) is 0 Å². The van der Waals surface area contributed by atoms with Crippen molar-refractivity contribution in [2.45, 2.75) is 20.5 Å². The van der Waals surface area contributed by atoms with Crippen LogP contribution in [0, 0.1) is 19.3 Å². The molecule has 0 aliphatic rings. The predicted octanol–water partition coefficient (Wildman–Crippen LogP) is 1.46. The molecule has 4 heteroatoms. The number of anilines is 1. The maximum absolute atomic E-state index is 11.0. The number of aliphatic hydroxyl groups is 1. The number of aryl methyl sites for hydroxylation is 1. The summed E-state index contributed by atoms with van der Waals surface area (Å²) in [5, 5.41) is 12.1. The van der Waals surface area contributed by atoms with Gasteiger partial charge in [-0.1, -0.05) is 5.92 Å². The van der Waals surface area contributed by atoms with E-state index in [4.69, 9.17) is 16.3 Å². The lowest BCUT2D eigenvalue weighted by Crippen LogP contribution is -2.08. The molecule has 1 rings (SSSR count). The van der Waals surface area contributed by atoms with Gasteiger partial charge in [0, 0.05) is 6.92 Å². The summed E-state index contributed by atoms with van der Waals surface area (Å²) in [6, 6.07) is 3.47. The van der Waals surface area contributed by atoms with Gasteiger partial charge in [0.05, 0.1) is 18.8 Å². The zero-order valence-electron chi connectivity index (χ0n) is 9.91. The molecule has 0 fully saturated rings. The van der Waals surface area contributed by atoms with Crippen molar-refractivity contribution in [3.05, 3.63) is 23.3 Å². The lowest BCUT2D eigenvalue weighted by molar-refractivity contribution is -0.131. The second-order valence-electron chi connectivity index (χ2n) is 3.60. The molecule has 90 valence electrons.